The van der Waals surface area contributed by atoms with Gasteiger partial charge in [-0.05, 0) is 0 Å². The van der Waals surface area contributed by atoms with Gasteiger partial charge in [-0.2, -0.15) is 0 Å². The molecule has 0 amide bonds. The van der Waals surface area contributed by atoms with Crippen LogP contribution in [0.4, 0.5) is 0 Å². The van der Waals surface area contributed by atoms with E-state index in [0.717, 1.165) is 0 Å². The maximum absolute atomic E-state index is 0. The van der Waals surface area contributed by atoms with Crippen molar-refractivity contribution < 1.29 is 80.5 Å². The molecule has 0 aliphatic rings. The fourth-order valence-electron chi connectivity index (χ4n) is 0. The first kappa shape index (κ1) is 41.5. The van der Waals surface area contributed by atoms with E-state index in [9.17, 15) is 0 Å². The standard InChI is InChI=1S/3BrH.Mg.Na/h3*1H;;/q;;;+2;+1/p-3. The van der Waals surface area contributed by atoms with E-state index in [-0.39, 0.29) is 104 Å². The molecule has 0 bridgehead atoms. The van der Waals surface area contributed by atoms with Gasteiger partial charge in [0.1, 0.15) is 0 Å². The van der Waals surface area contributed by atoms with Crippen LogP contribution in [0, 0.1) is 0 Å². The summed E-state index contributed by atoms with van der Waals surface area (Å²) in [5.74, 6) is 0. The summed E-state index contributed by atoms with van der Waals surface area (Å²) in [6.45, 7) is 0. The third kappa shape index (κ3) is 19.0. The Kier molecular flexibility index (Phi) is 224. The number of rotatable bonds is 0. The fraction of sp³-hybridized carbons (Fsp3) is 0. The molecule has 0 aromatic heterocycles. The van der Waals surface area contributed by atoms with Gasteiger partial charge in [0, 0.05) is 0 Å². The van der Waals surface area contributed by atoms with Crippen LogP contribution in [0.5, 0.6) is 0 Å². The van der Waals surface area contributed by atoms with Gasteiger partial charge < -0.3 is 50.9 Å². The third-order valence-electron chi connectivity index (χ3n) is 0. The van der Waals surface area contributed by atoms with Crippen LogP contribution in [0.25, 0.3) is 0 Å². The molecule has 24 valence electrons. The Morgan fingerprint density at radius 2 is 0.600 bits per heavy atom. The molecule has 0 unspecified atom stereocenters. The van der Waals surface area contributed by atoms with E-state index in [2.05, 4.69) is 0 Å². The maximum atomic E-state index is 0. The van der Waals surface area contributed by atoms with Crippen LogP contribution >= 0.6 is 0 Å². The Bertz CT molecular complexity index is 6.85. The fourth-order valence-corrected chi connectivity index (χ4v) is 0. The van der Waals surface area contributed by atoms with Crippen molar-refractivity contribution in [3.05, 3.63) is 0 Å². The molecule has 0 atom stereocenters. The smallest absolute Gasteiger partial charge is 1.00 e. The SMILES string of the molecule is [Br-].[Br-].[Br-].[Mg+2].[Na+]. The van der Waals surface area contributed by atoms with Crippen LogP contribution in [-0.4, -0.2) is 23.1 Å². The second-order valence-corrected chi connectivity index (χ2v) is 0. The van der Waals surface area contributed by atoms with Gasteiger partial charge in [0.2, 0.25) is 0 Å². The normalized spacial score (nSPS) is 0. The summed E-state index contributed by atoms with van der Waals surface area (Å²) in [5.41, 5.74) is 0. The van der Waals surface area contributed by atoms with Gasteiger partial charge in [-0.3, -0.25) is 0 Å². The zero-order valence-corrected chi connectivity index (χ0v) is 11.0. The molecule has 0 aliphatic carbocycles. The van der Waals surface area contributed by atoms with Gasteiger partial charge in [0.25, 0.3) is 0 Å². The van der Waals surface area contributed by atoms with Crippen molar-refractivity contribution in [2.24, 2.45) is 0 Å². The van der Waals surface area contributed by atoms with Gasteiger partial charge >= 0.3 is 52.6 Å². The molecule has 0 saturated carbocycles. The Labute approximate surface area is 102 Å². The monoisotopic (exact) mass is 284 g/mol. The van der Waals surface area contributed by atoms with Crippen molar-refractivity contribution >= 4 is 23.1 Å². The van der Waals surface area contributed by atoms with E-state index in [4.69, 9.17) is 0 Å². The molecule has 0 aromatic carbocycles. The van der Waals surface area contributed by atoms with Gasteiger partial charge in [0.05, 0.1) is 0 Å². The number of hydrogen-bond donors (Lipinski definition) is 0. The zero-order valence-electron chi connectivity index (χ0n) is 2.84. The number of halogens is 3. The van der Waals surface area contributed by atoms with Crippen LogP contribution < -0.4 is 80.5 Å². The minimum Gasteiger partial charge on any atom is -1.00 e. The van der Waals surface area contributed by atoms with E-state index in [1.165, 1.54) is 0 Å². The largest absolute Gasteiger partial charge is 2.00 e. The van der Waals surface area contributed by atoms with E-state index < -0.39 is 0 Å². The summed E-state index contributed by atoms with van der Waals surface area (Å²) in [4.78, 5) is 0. The van der Waals surface area contributed by atoms with E-state index in [0.29, 0.717) is 0 Å². The summed E-state index contributed by atoms with van der Waals surface area (Å²) in [6, 6.07) is 0. The first-order valence-electron chi connectivity index (χ1n) is 0. The van der Waals surface area contributed by atoms with Crippen LogP contribution in [0.15, 0.2) is 0 Å². The molecular formula is Br3MgNa. The Morgan fingerprint density at radius 3 is 0.600 bits per heavy atom. The minimum absolute atomic E-state index is 0. The summed E-state index contributed by atoms with van der Waals surface area (Å²) in [5, 5.41) is 0. The van der Waals surface area contributed by atoms with Crippen molar-refractivity contribution in [2.75, 3.05) is 0 Å². The van der Waals surface area contributed by atoms with E-state index in [1.807, 2.05) is 0 Å². The molecule has 0 spiro atoms. The van der Waals surface area contributed by atoms with Crippen molar-refractivity contribution in [3.63, 3.8) is 0 Å². The topological polar surface area (TPSA) is 0 Å². The van der Waals surface area contributed by atoms with Crippen LogP contribution in [-0.2, 0) is 0 Å². The molecule has 0 aliphatic heterocycles. The molecule has 5 heteroatoms. The van der Waals surface area contributed by atoms with Gasteiger partial charge in [0.15, 0.2) is 0 Å². The molecule has 0 heterocycles. The van der Waals surface area contributed by atoms with E-state index >= 15 is 0 Å². The molecular weight excluding hydrogens is 287 g/mol. The predicted molar refractivity (Wildman–Crippen MR) is 5.75 cm³/mol. The molecule has 0 N–H and O–H groups in total. The average Bonchev–Trinajstić information content (AvgIpc) is 0. The maximum Gasteiger partial charge on any atom is 2.00 e. The Hall–Kier alpha value is 3.21. The van der Waals surface area contributed by atoms with Crippen molar-refractivity contribution in [1.29, 1.82) is 0 Å². The zero-order chi connectivity index (χ0) is 0. The van der Waals surface area contributed by atoms with Crippen molar-refractivity contribution in [2.45, 2.75) is 0 Å². The minimum atomic E-state index is 0. The second kappa shape index (κ2) is 27.0. The summed E-state index contributed by atoms with van der Waals surface area (Å²) in [6.07, 6.45) is 0. The Morgan fingerprint density at radius 1 is 0.600 bits per heavy atom. The predicted octanol–water partition coefficient (Wildman–Crippen LogP) is -12.4. The first-order valence-corrected chi connectivity index (χ1v) is 0. The molecule has 0 radical (unpaired) electrons. The molecule has 0 saturated heterocycles. The van der Waals surface area contributed by atoms with Crippen LogP contribution in [0.3, 0.4) is 0 Å². The van der Waals surface area contributed by atoms with Crippen LogP contribution in [0.1, 0.15) is 0 Å². The van der Waals surface area contributed by atoms with Crippen molar-refractivity contribution in [1.82, 2.24) is 0 Å². The molecule has 0 rings (SSSR count). The number of hydrogen-bond acceptors (Lipinski definition) is 0. The summed E-state index contributed by atoms with van der Waals surface area (Å²) in [7, 11) is 0. The van der Waals surface area contributed by atoms with Gasteiger partial charge in [-0.15, -0.1) is 0 Å². The second-order valence-electron chi connectivity index (χ2n) is 0. The van der Waals surface area contributed by atoms with Crippen molar-refractivity contribution in [3.8, 4) is 0 Å². The first-order chi connectivity index (χ1) is 0. The molecule has 0 fully saturated rings. The molecule has 0 aromatic rings. The molecule has 5 heavy (non-hydrogen) atoms. The summed E-state index contributed by atoms with van der Waals surface area (Å²) >= 11 is 0. The third-order valence-corrected chi connectivity index (χ3v) is 0. The Balaban J connectivity index is 0. The quantitative estimate of drug-likeness (QED) is 0.388. The summed E-state index contributed by atoms with van der Waals surface area (Å²) < 4.78 is 0. The van der Waals surface area contributed by atoms with Gasteiger partial charge in [-0.25, -0.2) is 0 Å². The molecule has 0 nitrogen and oxygen atoms in total. The average molecular weight is 287 g/mol. The van der Waals surface area contributed by atoms with Gasteiger partial charge in [-0.1, -0.05) is 0 Å². The van der Waals surface area contributed by atoms with E-state index in [1.54, 1.807) is 0 Å². The van der Waals surface area contributed by atoms with Crippen LogP contribution in [0.2, 0.25) is 0 Å².